The van der Waals surface area contributed by atoms with Crippen LogP contribution in [0.3, 0.4) is 0 Å². The predicted octanol–water partition coefficient (Wildman–Crippen LogP) is 4.17. The van der Waals surface area contributed by atoms with Crippen LogP contribution in [0.2, 0.25) is 0 Å². The van der Waals surface area contributed by atoms with Crippen LogP contribution < -0.4 is 4.72 Å². The number of benzene rings is 2. The molecule has 1 aliphatic heterocycles. The van der Waals surface area contributed by atoms with E-state index in [4.69, 9.17) is 4.52 Å². The van der Waals surface area contributed by atoms with Crippen molar-refractivity contribution in [2.45, 2.75) is 31.1 Å². The van der Waals surface area contributed by atoms with Crippen LogP contribution in [-0.4, -0.2) is 42.5 Å². The number of carbonyl (C=O) groups excluding carboxylic acids is 1. The quantitative estimate of drug-likeness (QED) is 0.494. The van der Waals surface area contributed by atoms with Crippen molar-refractivity contribution in [2.24, 2.45) is 0 Å². The van der Waals surface area contributed by atoms with Gasteiger partial charge in [0.15, 0.2) is 16.4 Å². The van der Waals surface area contributed by atoms with E-state index in [0.29, 0.717) is 24.1 Å². The van der Waals surface area contributed by atoms with E-state index in [0.717, 1.165) is 35.0 Å². The van der Waals surface area contributed by atoms with Gasteiger partial charge in [0.2, 0.25) is 0 Å². The Morgan fingerprint density at radius 1 is 1.13 bits per heavy atom. The van der Waals surface area contributed by atoms with E-state index in [1.807, 2.05) is 25.1 Å². The summed E-state index contributed by atoms with van der Waals surface area (Å²) in [5, 5.41) is 4.60. The Bertz CT molecular complexity index is 1400. The zero-order valence-electron chi connectivity index (χ0n) is 16.8. The summed E-state index contributed by atoms with van der Waals surface area (Å²) in [6.07, 6.45) is 3.00. The fourth-order valence-electron chi connectivity index (χ4n) is 3.74. The van der Waals surface area contributed by atoms with Crippen molar-refractivity contribution in [1.82, 2.24) is 15.0 Å². The highest BCUT2D eigenvalue weighted by Gasteiger charge is 2.25. The molecule has 0 radical (unpaired) electrons. The van der Waals surface area contributed by atoms with Crippen LogP contribution in [-0.2, 0) is 10.0 Å². The second kappa shape index (κ2) is 7.61. The molecule has 0 unspecified atom stereocenters. The lowest BCUT2D eigenvalue weighted by Crippen LogP contribution is -2.35. The smallest absolute Gasteiger partial charge is 0.276 e. The van der Waals surface area contributed by atoms with Crippen molar-refractivity contribution < 1.29 is 17.7 Å². The van der Waals surface area contributed by atoms with Crippen molar-refractivity contribution in [1.29, 1.82) is 0 Å². The molecule has 1 saturated heterocycles. The highest BCUT2D eigenvalue weighted by atomic mass is 32.2. The van der Waals surface area contributed by atoms with Crippen LogP contribution >= 0.6 is 11.3 Å². The van der Waals surface area contributed by atoms with Gasteiger partial charge in [-0.25, -0.2) is 13.4 Å². The summed E-state index contributed by atoms with van der Waals surface area (Å²) in [6, 6.07) is 10.1. The molecule has 10 heteroatoms. The molecule has 2 aromatic heterocycles. The van der Waals surface area contributed by atoms with Gasteiger partial charge in [-0.15, -0.1) is 0 Å². The lowest BCUT2D eigenvalue weighted by atomic mass is 10.1. The summed E-state index contributed by atoms with van der Waals surface area (Å²) < 4.78 is 34.7. The van der Waals surface area contributed by atoms with Crippen LogP contribution in [0.1, 0.15) is 35.3 Å². The largest absolute Gasteiger partial charge is 0.355 e. The standard InChI is InChI=1S/C21H20N4O4S2/c1-13-5-7-16-18(11-13)30-21(22-16)24-31(27,28)14-6-8-17-15(12-14)19(23-29-17)20(26)25-9-3-2-4-10-25/h5-8,11-12H,2-4,9-10H2,1H3,(H,22,24). The van der Waals surface area contributed by atoms with Crippen LogP contribution in [0, 0.1) is 6.92 Å². The summed E-state index contributed by atoms with van der Waals surface area (Å²) in [7, 11) is -3.90. The Morgan fingerprint density at radius 3 is 2.74 bits per heavy atom. The Labute approximate surface area is 182 Å². The number of nitrogens with zero attached hydrogens (tertiary/aromatic N) is 3. The Kier molecular flexibility index (Phi) is 4.90. The molecule has 4 aromatic rings. The number of anilines is 1. The van der Waals surface area contributed by atoms with Crippen molar-refractivity contribution in [3.05, 3.63) is 47.7 Å². The van der Waals surface area contributed by atoms with Crippen LogP contribution in [0.25, 0.3) is 21.2 Å². The molecule has 8 nitrogen and oxygen atoms in total. The third-order valence-electron chi connectivity index (χ3n) is 5.36. The maximum absolute atomic E-state index is 13.0. The van der Waals surface area contributed by atoms with Crippen molar-refractivity contribution >= 4 is 53.6 Å². The van der Waals surface area contributed by atoms with E-state index in [-0.39, 0.29) is 21.6 Å². The zero-order chi connectivity index (χ0) is 21.6. The van der Waals surface area contributed by atoms with E-state index in [1.54, 1.807) is 4.90 Å². The van der Waals surface area contributed by atoms with Gasteiger partial charge >= 0.3 is 0 Å². The first-order chi connectivity index (χ1) is 14.9. The first kappa shape index (κ1) is 20.0. The van der Waals surface area contributed by atoms with E-state index in [2.05, 4.69) is 14.9 Å². The first-order valence-electron chi connectivity index (χ1n) is 9.99. The average molecular weight is 457 g/mol. The number of thiazole rings is 1. The molecule has 0 spiro atoms. The molecular weight excluding hydrogens is 436 g/mol. The lowest BCUT2D eigenvalue weighted by Gasteiger charge is -2.25. The summed E-state index contributed by atoms with van der Waals surface area (Å²) in [4.78, 5) is 19.0. The summed E-state index contributed by atoms with van der Waals surface area (Å²) in [5.41, 5.74) is 2.32. The second-order valence-electron chi connectivity index (χ2n) is 7.64. The molecule has 0 atom stereocenters. The number of likely N-dealkylation sites (tertiary alicyclic amines) is 1. The number of amides is 1. The van der Waals surface area contributed by atoms with Crippen molar-refractivity contribution in [2.75, 3.05) is 17.8 Å². The zero-order valence-corrected chi connectivity index (χ0v) is 18.4. The monoisotopic (exact) mass is 456 g/mol. The molecule has 0 aliphatic carbocycles. The van der Waals surface area contributed by atoms with E-state index in [1.165, 1.54) is 29.5 Å². The molecule has 1 fully saturated rings. The molecule has 160 valence electrons. The molecule has 1 amide bonds. The lowest BCUT2D eigenvalue weighted by molar-refractivity contribution is 0.0716. The van der Waals surface area contributed by atoms with Gasteiger partial charge in [-0.3, -0.25) is 9.52 Å². The maximum atomic E-state index is 13.0. The minimum absolute atomic E-state index is 0.0198. The van der Waals surface area contributed by atoms with Gasteiger partial charge < -0.3 is 9.42 Å². The van der Waals surface area contributed by atoms with Gasteiger partial charge in [-0.05, 0) is 62.1 Å². The highest BCUT2D eigenvalue weighted by molar-refractivity contribution is 7.93. The van der Waals surface area contributed by atoms with Gasteiger partial charge in [-0.2, -0.15) is 0 Å². The van der Waals surface area contributed by atoms with E-state index >= 15 is 0 Å². The molecule has 31 heavy (non-hydrogen) atoms. The van der Waals surface area contributed by atoms with Gasteiger partial charge in [0, 0.05) is 13.1 Å². The number of aryl methyl sites for hydroxylation is 1. The second-order valence-corrected chi connectivity index (χ2v) is 10.4. The van der Waals surface area contributed by atoms with Crippen LogP contribution in [0.4, 0.5) is 5.13 Å². The predicted molar refractivity (Wildman–Crippen MR) is 119 cm³/mol. The van der Waals surface area contributed by atoms with E-state index in [9.17, 15) is 13.2 Å². The minimum Gasteiger partial charge on any atom is -0.355 e. The number of fused-ring (bicyclic) bond motifs is 2. The molecule has 0 saturated carbocycles. The molecule has 5 rings (SSSR count). The van der Waals surface area contributed by atoms with E-state index < -0.39 is 10.0 Å². The number of piperidine rings is 1. The number of sulfonamides is 1. The number of carbonyl (C=O) groups is 1. The molecule has 1 N–H and O–H groups in total. The summed E-state index contributed by atoms with van der Waals surface area (Å²) in [5.74, 6) is -0.234. The molecule has 3 heterocycles. The van der Waals surface area contributed by atoms with Crippen LogP contribution in [0.5, 0.6) is 0 Å². The van der Waals surface area contributed by atoms with Crippen molar-refractivity contribution in [3.8, 4) is 0 Å². The minimum atomic E-state index is -3.90. The SMILES string of the molecule is Cc1ccc2nc(NS(=O)(=O)c3ccc4onc(C(=O)N5CCCCC5)c4c3)sc2c1. The third kappa shape index (κ3) is 3.77. The Balaban J connectivity index is 1.47. The molecule has 0 bridgehead atoms. The Hall–Kier alpha value is -2.98. The van der Waals surface area contributed by atoms with Crippen LogP contribution in [0.15, 0.2) is 45.8 Å². The number of aromatic nitrogens is 2. The third-order valence-corrected chi connectivity index (χ3v) is 7.76. The van der Waals surface area contributed by atoms with Gasteiger partial charge in [-0.1, -0.05) is 22.6 Å². The average Bonchev–Trinajstić information content (AvgIpc) is 3.36. The maximum Gasteiger partial charge on any atom is 0.276 e. The van der Waals surface area contributed by atoms with Gasteiger partial charge in [0.25, 0.3) is 15.9 Å². The topological polar surface area (TPSA) is 105 Å². The molecule has 1 aliphatic rings. The molecule has 2 aromatic carbocycles. The number of hydrogen-bond donors (Lipinski definition) is 1. The van der Waals surface area contributed by atoms with Crippen molar-refractivity contribution in [3.63, 3.8) is 0 Å². The molecular formula is C21H20N4O4S2. The normalized spacial score (nSPS) is 14.9. The Morgan fingerprint density at radius 2 is 1.94 bits per heavy atom. The fourth-order valence-corrected chi connectivity index (χ4v) is 5.96. The van der Waals surface area contributed by atoms with Gasteiger partial charge in [0.1, 0.15) is 0 Å². The highest BCUT2D eigenvalue weighted by Crippen LogP contribution is 2.30. The number of rotatable bonds is 4. The fraction of sp³-hybridized carbons (Fsp3) is 0.286. The summed E-state index contributed by atoms with van der Waals surface area (Å²) >= 11 is 1.27. The number of hydrogen-bond acceptors (Lipinski definition) is 7. The van der Waals surface area contributed by atoms with Gasteiger partial charge in [0.05, 0.1) is 20.5 Å². The number of nitrogens with one attached hydrogen (secondary N) is 1. The first-order valence-corrected chi connectivity index (χ1v) is 12.3. The summed E-state index contributed by atoms with van der Waals surface area (Å²) in [6.45, 7) is 3.31.